The molecule has 3 heteroatoms. The largest absolute Gasteiger partial charge is 0.371 e. The van der Waals surface area contributed by atoms with Crippen molar-refractivity contribution in [3.63, 3.8) is 0 Å². The van der Waals surface area contributed by atoms with E-state index in [0.29, 0.717) is 12.5 Å². The zero-order valence-corrected chi connectivity index (χ0v) is 11.3. The maximum absolute atomic E-state index is 14.1. The van der Waals surface area contributed by atoms with Gasteiger partial charge < -0.3 is 9.80 Å². The fraction of sp³-hybridized carbons (Fsp3) is 0.500. The van der Waals surface area contributed by atoms with Crippen LogP contribution in [0.15, 0.2) is 42.4 Å². The fourth-order valence-corrected chi connectivity index (χ4v) is 3.10. The van der Waals surface area contributed by atoms with Crippen LogP contribution in [0.5, 0.6) is 0 Å². The monoisotopic (exact) mass is 260 g/mol. The number of halogens is 1. The van der Waals surface area contributed by atoms with Gasteiger partial charge in [-0.3, -0.25) is 0 Å². The number of allylic oxidation sites excluding steroid dienone is 1. The Morgan fingerprint density at radius 3 is 2.58 bits per heavy atom. The number of fused-ring (bicyclic) bond motifs is 4. The van der Waals surface area contributed by atoms with Crippen LogP contribution < -0.4 is 0 Å². The lowest BCUT2D eigenvalue weighted by Crippen LogP contribution is -2.35. The summed E-state index contributed by atoms with van der Waals surface area (Å²) in [7, 11) is 0. The third-order valence-corrected chi connectivity index (χ3v) is 4.22. The van der Waals surface area contributed by atoms with E-state index in [4.69, 9.17) is 0 Å². The molecule has 1 aromatic rings. The van der Waals surface area contributed by atoms with Crippen LogP contribution in [0, 0.1) is 0 Å². The highest BCUT2D eigenvalue weighted by atomic mass is 19.1. The first-order chi connectivity index (χ1) is 9.31. The highest BCUT2D eigenvalue weighted by Crippen LogP contribution is 2.22. The minimum atomic E-state index is -0.0217. The van der Waals surface area contributed by atoms with Crippen molar-refractivity contribution in [2.75, 3.05) is 26.2 Å². The number of nitrogens with zero attached hydrogens (tertiary/aromatic N) is 2. The van der Waals surface area contributed by atoms with E-state index in [9.17, 15) is 4.39 Å². The first-order valence-corrected chi connectivity index (χ1v) is 7.19. The molecule has 102 valence electrons. The maximum atomic E-state index is 14.1. The summed E-state index contributed by atoms with van der Waals surface area (Å²) < 4.78 is 14.1. The summed E-state index contributed by atoms with van der Waals surface area (Å²) in [6, 6.07) is 10.4. The minimum Gasteiger partial charge on any atom is -0.371 e. The number of rotatable bonds is 3. The minimum absolute atomic E-state index is 0.0217. The number of hydrogen-bond acceptors (Lipinski definition) is 2. The second-order valence-corrected chi connectivity index (χ2v) is 5.55. The Hall–Kier alpha value is -1.35. The molecule has 3 fully saturated rings. The Bertz CT molecular complexity index is 435. The van der Waals surface area contributed by atoms with Crippen LogP contribution in [0.4, 0.5) is 4.39 Å². The Labute approximate surface area is 114 Å². The van der Waals surface area contributed by atoms with Crippen LogP contribution in [-0.4, -0.2) is 42.0 Å². The van der Waals surface area contributed by atoms with Gasteiger partial charge in [-0.1, -0.05) is 30.3 Å². The average Bonchev–Trinajstić information content (AvgIpc) is 2.74. The van der Waals surface area contributed by atoms with Crippen LogP contribution >= 0.6 is 0 Å². The van der Waals surface area contributed by atoms with E-state index in [-0.39, 0.29) is 5.83 Å². The molecule has 0 spiro atoms. The van der Waals surface area contributed by atoms with Gasteiger partial charge in [0.1, 0.15) is 5.83 Å². The van der Waals surface area contributed by atoms with Crippen molar-refractivity contribution in [3.8, 4) is 0 Å². The second-order valence-electron chi connectivity index (χ2n) is 5.55. The van der Waals surface area contributed by atoms with E-state index in [1.165, 1.54) is 25.9 Å². The van der Waals surface area contributed by atoms with Crippen LogP contribution in [-0.2, 0) is 6.42 Å². The Kier molecular flexibility index (Phi) is 3.83. The molecule has 0 unspecified atom stereocenters. The normalized spacial score (nSPS) is 27.4. The zero-order chi connectivity index (χ0) is 13.1. The Balaban J connectivity index is 1.67. The van der Waals surface area contributed by atoms with Gasteiger partial charge in [0, 0.05) is 44.8 Å². The predicted octanol–water partition coefficient (Wildman–Crippen LogP) is 2.82. The van der Waals surface area contributed by atoms with Gasteiger partial charge in [-0.25, -0.2) is 4.39 Å². The van der Waals surface area contributed by atoms with E-state index >= 15 is 0 Å². The summed E-state index contributed by atoms with van der Waals surface area (Å²) in [5.74, 6) is -0.0217. The van der Waals surface area contributed by atoms with Gasteiger partial charge in [0.05, 0.1) is 0 Å². The van der Waals surface area contributed by atoms with Gasteiger partial charge in [-0.15, -0.1) is 0 Å². The number of benzene rings is 1. The van der Waals surface area contributed by atoms with Crippen molar-refractivity contribution >= 4 is 0 Å². The topological polar surface area (TPSA) is 6.48 Å². The molecule has 2 bridgehead atoms. The van der Waals surface area contributed by atoms with Crippen LogP contribution in [0.1, 0.15) is 18.4 Å². The molecular weight excluding hydrogens is 239 g/mol. The standard InChI is InChI=1S/C16H21FN2/c17-15(12-14-4-2-1-3-5-14)13-19-11-10-18-8-6-16(19)7-9-18/h1-5,13,16H,6-12H2/b15-13-. The average molecular weight is 260 g/mol. The van der Waals surface area contributed by atoms with Crippen molar-refractivity contribution in [2.45, 2.75) is 25.3 Å². The molecule has 3 aliphatic heterocycles. The van der Waals surface area contributed by atoms with Crippen molar-refractivity contribution in [3.05, 3.63) is 47.9 Å². The Morgan fingerprint density at radius 1 is 1.11 bits per heavy atom. The molecular formula is C16H21FN2. The molecule has 3 saturated heterocycles. The molecule has 4 rings (SSSR count). The van der Waals surface area contributed by atoms with Crippen molar-refractivity contribution < 1.29 is 4.39 Å². The molecule has 0 amide bonds. The Morgan fingerprint density at radius 2 is 1.84 bits per heavy atom. The van der Waals surface area contributed by atoms with E-state index < -0.39 is 0 Å². The SMILES string of the molecule is F/C(=C\N1CCN2CCC1CC2)Cc1ccccc1. The molecule has 3 heterocycles. The van der Waals surface area contributed by atoms with Crippen molar-refractivity contribution in [2.24, 2.45) is 0 Å². The van der Waals surface area contributed by atoms with Gasteiger partial charge in [0.2, 0.25) is 0 Å². The van der Waals surface area contributed by atoms with Gasteiger partial charge in [-0.05, 0) is 18.4 Å². The lowest BCUT2D eigenvalue weighted by molar-refractivity contribution is 0.219. The van der Waals surface area contributed by atoms with Crippen LogP contribution in [0.25, 0.3) is 0 Å². The van der Waals surface area contributed by atoms with Gasteiger partial charge >= 0.3 is 0 Å². The summed E-state index contributed by atoms with van der Waals surface area (Å²) in [5, 5.41) is 0. The summed E-state index contributed by atoms with van der Waals surface area (Å²) in [4.78, 5) is 4.71. The molecule has 0 atom stereocenters. The molecule has 3 aliphatic rings. The zero-order valence-electron chi connectivity index (χ0n) is 11.3. The van der Waals surface area contributed by atoms with E-state index in [1.807, 2.05) is 30.3 Å². The van der Waals surface area contributed by atoms with Crippen LogP contribution in [0.3, 0.4) is 0 Å². The maximum Gasteiger partial charge on any atom is 0.120 e. The van der Waals surface area contributed by atoms with E-state index in [2.05, 4.69) is 9.80 Å². The quantitative estimate of drug-likeness (QED) is 0.824. The fourth-order valence-electron chi connectivity index (χ4n) is 3.10. The van der Waals surface area contributed by atoms with Gasteiger partial charge in [0.25, 0.3) is 0 Å². The lowest BCUT2D eigenvalue weighted by Gasteiger charge is -2.30. The molecule has 0 N–H and O–H groups in total. The summed E-state index contributed by atoms with van der Waals surface area (Å²) in [6.07, 6.45) is 4.52. The predicted molar refractivity (Wildman–Crippen MR) is 75.5 cm³/mol. The van der Waals surface area contributed by atoms with Crippen molar-refractivity contribution in [1.82, 2.24) is 9.80 Å². The number of hydrogen-bond donors (Lipinski definition) is 0. The smallest absolute Gasteiger partial charge is 0.120 e. The molecule has 19 heavy (non-hydrogen) atoms. The second kappa shape index (κ2) is 5.74. The molecule has 2 nitrogen and oxygen atoms in total. The van der Waals surface area contributed by atoms with Gasteiger partial charge in [0.15, 0.2) is 0 Å². The summed E-state index contributed by atoms with van der Waals surface area (Å²) in [6.45, 7) is 4.39. The van der Waals surface area contributed by atoms with E-state index in [0.717, 1.165) is 18.7 Å². The first-order valence-electron chi connectivity index (χ1n) is 7.19. The molecule has 0 aliphatic carbocycles. The number of piperidine rings is 1. The molecule has 1 aromatic carbocycles. The van der Waals surface area contributed by atoms with E-state index in [1.54, 1.807) is 6.20 Å². The lowest BCUT2D eigenvalue weighted by atomic mass is 10.1. The van der Waals surface area contributed by atoms with Gasteiger partial charge in [-0.2, -0.15) is 0 Å². The highest BCUT2D eigenvalue weighted by molar-refractivity contribution is 5.19. The first kappa shape index (κ1) is 12.7. The van der Waals surface area contributed by atoms with Crippen LogP contribution in [0.2, 0.25) is 0 Å². The third-order valence-electron chi connectivity index (χ3n) is 4.22. The summed E-state index contributed by atoms with van der Waals surface area (Å²) in [5.41, 5.74) is 1.04. The molecule has 0 radical (unpaired) electrons. The summed E-state index contributed by atoms with van der Waals surface area (Å²) >= 11 is 0. The third kappa shape index (κ3) is 3.16. The highest BCUT2D eigenvalue weighted by Gasteiger charge is 2.27. The molecule has 0 aromatic heterocycles. The van der Waals surface area contributed by atoms with Crippen molar-refractivity contribution in [1.29, 1.82) is 0 Å². The molecule has 0 saturated carbocycles.